The average Bonchev–Trinajstić information content (AvgIpc) is 3.24. The Hall–Kier alpha value is -2.17. The summed E-state index contributed by atoms with van der Waals surface area (Å²) in [5, 5.41) is 0.468. The largest absolute Gasteiger partial charge is 0.491 e. The predicted molar refractivity (Wildman–Crippen MR) is 189 cm³/mol. The second-order valence-electron chi connectivity index (χ2n) is 13.5. The Morgan fingerprint density at radius 3 is 2.60 bits per heavy atom. The lowest BCUT2D eigenvalue weighted by Crippen LogP contribution is -2.42. The summed E-state index contributed by atoms with van der Waals surface area (Å²) in [5.74, 6) is 1.69. The highest BCUT2D eigenvalue weighted by atomic mass is 35.5. The van der Waals surface area contributed by atoms with Gasteiger partial charge in [0.05, 0.1) is 37.4 Å². The van der Waals surface area contributed by atoms with Gasteiger partial charge in [0.1, 0.15) is 16.7 Å². The Labute approximate surface area is 288 Å². The fourth-order valence-electron chi connectivity index (χ4n) is 7.31. The van der Waals surface area contributed by atoms with Gasteiger partial charge in [0.25, 0.3) is 5.91 Å². The second-order valence-corrected chi connectivity index (χ2v) is 15.4. The number of aryl methyl sites for hydroxylation is 1. The van der Waals surface area contributed by atoms with Gasteiger partial charge in [-0.3, -0.25) is 9.52 Å². The molecular formula is C37H53ClN2O6S. The minimum Gasteiger partial charge on any atom is -0.491 e. The molecule has 1 saturated carbocycles. The Kier molecular flexibility index (Phi) is 13.4. The number of rotatable bonds is 15. The van der Waals surface area contributed by atoms with Gasteiger partial charge in [0.2, 0.25) is 0 Å². The zero-order valence-electron chi connectivity index (χ0n) is 28.5. The van der Waals surface area contributed by atoms with Crippen molar-refractivity contribution in [3.05, 3.63) is 58.1 Å². The number of amides is 1. The van der Waals surface area contributed by atoms with Crippen molar-refractivity contribution in [1.29, 1.82) is 0 Å². The van der Waals surface area contributed by atoms with E-state index in [1.807, 2.05) is 18.2 Å². The highest BCUT2D eigenvalue weighted by molar-refractivity contribution is 7.84. The summed E-state index contributed by atoms with van der Waals surface area (Å²) in [5.41, 5.74) is 3.90. The van der Waals surface area contributed by atoms with Crippen molar-refractivity contribution in [2.45, 2.75) is 89.6 Å². The van der Waals surface area contributed by atoms with E-state index in [4.69, 9.17) is 30.5 Å². The summed E-state index contributed by atoms with van der Waals surface area (Å²) in [6, 6.07) is 11.8. The van der Waals surface area contributed by atoms with Gasteiger partial charge in [-0.25, -0.2) is 4.21 Å². The van der Waals surface area contributed by atoms with Crippen molar-refractivity contribution in [1.82, 2.24) is 4.72 Å². The summed E-state index contributed by atoms with van der Waals surface area (Å²) in [7, 11) is 0.0221. The molecule has 1 amide bonds. The van der Waals surface area contributed by atoms with Gasteiger partial charge in [-0.15, -0.1) is 0 Å². The van der Waals surface area contributed by atoms with Crippen LogP contribution in [0.5, 0.6) is 5.75 Å². The lowest BCUT2D eigenvalue weighted by Gasteiger charge is -2.42. The maximum absolute atomic E-state index is 13.6. The Morgan fingerprint density at radius 1 is 1.11 bits per heavy atom. The molecule has 6 unspecified atom stereocenters. The van der Waals surface area contributed by atoms with E-state index in [1.165, 1.54) is 17.5 Å². The number of ether oxygens (including phenoxy) is 4. The molecule has 1 N–H and O–H groups in total. The van der Waals surface area contributed by atoms with Crippen LogP contribution in [0.1, 0.15) is 93.1 Å². The summed E-state index contributed by atoms with van der Waals surface area (Å²) < 4.78 is 39.9. The van der Waals surface area contributed by atoms with Crippen LogP contribution < -0.4 is 14.4 Å². The van der Waals surface area contributed by atoms with Crippen LogP contribution in [0.2, 0.25) is 5.02 Å². The molecule has 2 aliphatic heterocycles. The van der Waals surface area contributed by atoms with E-state index < -0.39 is 11.0 Å². The van der Waals surface area contributed by atoms with E-state index in [2.05, 4.69) is 42.5 Å². The molecule has 0 spiro atoms. The van der Waals surface area contributed by atoms with Crippen molar-refractivity contribution < 1.29 is 28.0 Å². The van der Waals surface area contributed by atoms with E-state index >= 15 is 0 Å². The fraction of sp³-hybridized carbons (Fsp3) is 0.649. The molecule has 6 atom stereocenters. The average molecular weight is 689 g/mol. The van der Waals surface area contributed by atoms with E-state index in [0.29, 0.717) is 30.6 Å². The minimum absolute atomic E-state index is 0.118. The van der Waals surface area contributed by atoms with E-state index in [-0.39, 0.29) is 29.3 Å². The van der Waals surface area contributed by atoms with Crippen LogP contribution in [-0.4, -0.2) is 68.3 Å². The summed E-state index contributed by atoms with van der Waals surface area (Å²) >= 11 is 6.44. The number of hydrogen-bond acceptors (Lipinski definition) is 7. The molecule has 0 aromatic heterocycles. The quantitative estimate of drug-likeness (QED) is 0.210. The first-order valence-corrected chi connectivity index (χ1v) is 19.1. The SMILES string of the molecule is CCCc1cc(Cl)ccc1C1COc2ccc(C(=O)NS(=O)C(COC)C(C)CCC)cc2N(CC2CCC2CC2OCCCO2)C1. The normalized spacial score (nSPS) is 23.5. The highest BCUT2D eigenvalue weighted by Crippen LogP contribution is 2.43. The van der Waals surface area contributed by atoms with Crippen molar-refractivity contribution >= 4 is 34.2 Å². The van der Waals surface area contributed by atoms with E-state index in [0.717, 1.165) is 87.7 Å². The van der Waals surface area contributed by atoms with Gasteiger partial charge < -0.3 is 23.8 Å². The zero-order valence-corrected chi connectivity index (χ0v) is 30.1. The molecule has 1 saturated heterocycles. The topological polar surface area (TPSA) is 86.3 Å². The van der Waals surface area contributed by atoms with Crippen LogP contribution in [0, 0.1) is 17.8 Å². The lowest BCUT2D eigenvalue weighted by molar-refractivity contribution is -0.192. The van der Waals surface area contributed by atoms with E-state index in [9.17, 15) is 9.00 Å². The Balaban J connectivity index is 1.40. The summed E-state index contributed by atoms with van der Waals surface area (Å²) in [6.07, 6.45) is 7.94. The first-order chi connectivity index (χ1) is 22.8. The van der Waals surface area contributed by atoms with Crippen LogP contribution in [-0.2, 0) is 31.6 Å². The molecule has 0 radical (unpaired) electrons. The van der Waals surface area contributed by atoms with E-state index in [1.54, 1.807) is 13.2 Å². The lowest BCUT2D eigenvalue weighted by atomic mass is 9.71. The van der Waals surface area contributed by atoms with Crippen LogP contribution in [0.3, 0.4) is 0 Å². The minimum atomic E-state index is -1.59. The molecule has 3 aliphatic rings. The standard InChI is InChI=1S/C37H53ClN2O6S/c1-5-8-25(3)35(24-43-4)47(42)39-37(41)28-12-15-34-33(19-28)40(21-29-11-10-26(29)20-36-44-16-7-17-45-36)22-30(23-46-34)32-14-13-31(38)18-27(32)9-6-2/h12-15,18-19,25-26,29-30,35-36H,5-11,16-17,20-24H2,1-4H3,(H,39,41). The number of hydrogen-bond donors (Lipinski definition) is 1. The maximum Gasteiger partial charge on any atom is 0.263 e. The molecule has 260 valence electrons. The van der Waals surface area contributed by atoms with Gasteiger partial charge >= 0.3 is 0 Å². The predicted octanol–water partition coefficient (Wildman–Crippen LogP) is 7.30. The monoisotopic (exact) mass is 688 g/mol. The third-order valence-corrected chi connectivity index (χ3v) is 11.9. The number of anilines is 1. The molecule has 0 bridgehead atoms. The number of carbonyl (C=O) groups is 1. The van der Waals surface area contributed by atoms with Crippen molar-refractivity contribution in [3.63, 3.8) is 0 Å². The Bertz CT molecular complexity index is 1350. The summed E-state index contributed by atoms with van der Waals surface area (Å²) in [6.45, 7) is 10.4. The van der Waals surface area contributed by atoms with Gasteiger partial charge in [-0.05, 0) is 91.3 Å². The van der Waals surface area contributed by atoms with Crippen LogP contribution in [0.15, 0.2) is 36.4 Å². The molecule has 2 aromatic rings. The van der Waals surface area contributed by atoms with Crippen molar-refractivity contribution in [3.8, 4) is 5.75 Å². The molecule has 2 aromatic carbocycles. The first-order valence-electron chi connectivity index (χ1n) is 17.5. The molecule has 1 aliphatic carbocycles. The van der Waals surface area contributed by atoms with Crippen LogP contribution >= 0.6 is 11.6 Å². The number of carbonyl (C=O) groups excluding carboxylic acids is 1. The molecule has 8 nitrogen and oxygen atoms in total. The third kappa shape index (κ3) is 9.30. The Morgan fingerprint density at radius 2 is 1.89 bits per heavy atom. The molecule has 5 rings (SSSR count). The van der Waals surface area contributed by atoms with Gasteiger partial charge in [0, 0.05) is 43.1 Å². The highest BCUT2D eigenvalue weighted by Gasteiger charge is 2.37. The summed E-state index contributed by atoms with van der Waals surface area (Å²) in [4.78, 5) is 16.0. The zero-order chi connectivity index (χ0) is 33.3. The van der Waals surface area contributed by atoms with Gasteiger partial charge in [-0.1, -0.05) is 51.3 Å². The third-order valence-electron chi connectivity index (χ3n) is 10.1. The number of halogens is 1. The van der Waals surface area contributed by atoms with Crippen LogP contribution in [0.25, 0.3) is 0 Å². The maximum atomic E-state index is 13.6. The second kappa shape index (κ2) is 17.5. The molecule has 2 heterocycles. The number of benzene rings is 2. The number of methoxy groups -OCH3 is 1. The number of nitrogens with one attached hydrogen (secondary N) is 1. The van der Waals surface area contributed by atoms with Crippen LogP contribution in [0.4, 0.5) is 5.69 Å². The smallest absolute Gasteiger partial charge is 0.263 e. The van der Waals surface area contributed by atoms with Gasteiger partial charge in [-0.2, -0.15) is 0 Å². The fourth-order valence-corrected chi connectivity index (χ4v) is 8.78. The van der Waals surface area contributed by atoms with Crippen molar-refractivity contribution in [2.75, 3.05) is 51.5 Å². The van der Waals surface area contributed by atoms with Crippen molar-refractivity contribution in [2.24, 2.45) is 17.8 Å². The molecule has 47 heavy (non-hydrogen) atoms. The number of fused-ring (bicyclic) bond motifs is 1. The molecule has 2 fully saturated rings. The molecule has 10 heteroatoms. The molecular weight excluding hydrogens is 636 g/mol. The first kappa shape index (κ1) is 36.1. The van der Waals surface area contributed by atoms with Gasteiger partial charge in [0.15, 0.2) is 6.29 Å². The number of nitrogens with zero attached hydrogens (tertiary/aromatic N) is 1.